The molecule has 0 unspecified atom stereocenters. The first-order chi connectivity index (χ1) is 14.6. The molecule has 6 nitrogen and oxygen atoms in total. The van der Waals surface area contributed by atoms with Gasteiger partial charge in [-0.05, 0) is 24.0 Å². The third kappa shape index (κ3) is 6.60. The Hall–Kier alpha value is -2.32. The van der Waals surface area contributed by atoms with Gasteiger partial charge in [-0.2, -0.15) is 0 Å². The summed E-state index contributed by atoms with van der Waals surface area (Å²) in [6.45, 7) is 4.15. The van der Waals surface area contributed by atoms with Crippen molar-refractivity contribution in [1.82, 2.24) is 19.9 Å². The predicted molar refractivity (Wildman–Crippen MR) is 123 cm³/mol. The van der Waals surface area contributed by atoms with E-state index in [1.165, 1.54) is 34.7 Å². The van der Waals surface area contributed by atoms with Crippen LogP contribution in [0.3, 0.4) is 0 Å². The molecule has 0 atom stereocenters. The molecule has 0 aliphatic heterocycles. The lowest BCUT2D eigenvalue weighted by atomic mass is 10.1. The lowest BCUT2D eigenvalue weighted by Crippen LogP contribution is -2.10. The molecule has 158 valence electrons. The van der Waals surface area contributed by atoms with E-state index < -0.39 is 0 Å². The van der Waals surface area contributed by atoms with Gasteiger partial charge in [0.05, 0.1) is 0 Å². The van der Waals surface area contributed by atoms with Crippen LogP contribution in [-0.4, -0.2) is 19.9 Å². The van der Waals surface area contributed by atoms with E-state index in [4.69, 9.17) is 0 Å². The SMILES string of the molecule is CCCc1cc(=O)[nH]c(SCc2ccccc2CSc2nc(CCC)cc(=O)[nH]2)n1. The summed E-state index contributed by atoms with van der Waals surface area (Å²) < 4.78 is 0. The van der Waals surface area contributed by atoms with Crippen LogP contribution in [-0.2, 0) is 24.3 Å². The van der Waals surface area contributed by atoms with Crippen LogP contribution in [0.25, 0.3) is 0 Å². The summed E-state index contributed by atoms with van der Waals surface area (Å²) in [5.74, 6) is 1.41. The van der Waals surface area contributed by atoms with Crippen molar-refractivity contribution in [3.05, 3.63) is 79.6 Å². The second-order valence-electron chi connectivity index (χ2n) is 6.93. The molecule has 0 saturated heterocycles. The summed E-state index contributed by atoms with van der Waals surface area (Å²) in [6.07, 6.45) is 3.51. The van der Waals surface area contributed by atoms with E-state index in [1.807, 2.05) is 12.1 Å². The summed E-state index contributed by atoms with van der Waals surface area (Å²) in [6, 6.07) is 11.3. The second-order valence-corrected chi connectivity index (χ2v) is 8.86. The van der Waals surface area contributed by atoms with E-state index in [1.54, 1.807) is 12.1 Å². The Morgan fingerprint density at radius 2 is 1.20 bits per heavy atom. The third-order valence-corrected chi connectivity index (χ3v) is 6.25. The molecule has 0 amide bonds. The van der Waals surface area contributed by atoms with Crippen molar-refractivity contribution in [3.8, 4) is 0 Å². The number of rotatable bonds is 10. The quantitative estimate of drug-likeness (QED) is 0.358. The fourth-order valence-electron chi connectivity index (χ4n) is 3.00. The standard InChI is InChI=1S/C22H26N4O2S2/c1-3-7-17-11-19(27)25-21(23-17)29-13-15-9-5-6-10-16(15)14-30-22-24-18(8-4-2)12-20(28)26-22/h5-6,9-12H,3-4,7-8,13-14H2,1-2H3,(H,23,25,27)(H,24,26,28). The van der Waals surface area contributed by atoms with E-state index >= 15 is 0 Å². The Morgan fingerprint density at radius 3 is 1.60 bits per heavy atom. The highest BCUT2D eigenvalue weighted by molar-refractivity contribution is 7.98. The molecule has 0 aliphatic carbocycles. The largest absolute Gasteiger partial charge is 0.301 e. The zero-order valence-electron chi connectivity index (χ0n) is 17.2. The van der Waals surface area contributed by atoms with Crippen LogP contribution in [0.2, 0.25) is 0 Å². The number of nitrogens with zero attached hydrogens (tertiary/aromatic N) is 2. The Kier molecular flexibility index (Phi) is 8.33. The first kappa shape index (κ1) is 22.4. The van der Waals surface area contributed by atoms with E-state index in [9.17, 15) is 9.59 Å². The molecule has 8 heteroatoms. The Labute approximate surface area is 184 Å². The molecule has 0 bridgehead atoms. The number of aromatic amines is 2. The van der Waals surface area contributed by atoms with Gasteiger partial charge in [0, 0.05) is 35.0 Å². The van der Waals surface area contributed by atoms with Gasteiger partial charge in [-0.15, -0.1) is 0 Å². The second kappa shape index (κ2) is 11.2. The number of hydrogen-bond donors (Lipinski definition) is 2. The van der Waals surface area contributed by atoms with Crippen molar-refractivity contribution in [1.29, 1.82) is 0 Å². The van der Waals surface area contributed by atoms with E-state index in [2.05, 4.69) is 45.9 Å². The maximum absolute atomic E-state index is 11.9. The summed E-state index contributed by atoms with van der Waals surface area (Å²) >= 11 is 3.05. The minimum atomic E-state index is -0.109. The number of benzene rings is 1. The number of aromatic nitrogens is 4. The van der Waals surface area contributed by atoms with Crippen molar-refractivity contribution in [2.24, 2.45) is 0 Å². The zero-order chi connectivity index (χ0) is 21.3. The van der Waals surface area contributed by atoms with Gasteiger partial charge in [-0.1, -0.05) is 74.5 Å². The first-order valence-corrected chi connectivity index (χ1v) is 12.1. The highest BCUT2D eigenvalue weighted by Gasteiger charge is 2.08. The van der Waals surface area contributed by atoms with Crippen molar-refractivity contribution in [2.45, 2.75) is 61.3 Å². The van der Waals surface area contributed by atoms with Crippen molar-refractivity contribution in [3.63, 3.8) is 0 Å². The molecule has 3 aromatic rings. The number of nitrogens with one attached hydrogen (secondary N) is 2. The normalized spacial score (nSPS) is 11.0. The molecular formula is C22H26N4O2S2. The molecule has 3 rings (SSSR count). The number of H-pyrrole nitrogens is 2. The Bertz CT molecular complexity index is 1010. The number of thioether (sulfide) groups is 2. The smallest absolute Gasteiger partial charge is 0.251 e. The van der Waals surface area contributed by atoms with Crippen LogP contribution in [0.5, 0.6) is 0 Å². The summed E-state index contributed by atoms with van der Waals surface area (Å²) in [7, 11) is 0. The van der Waals surface area contributed by atoms with Crippen LogP contribution < -0.4 is 11.1 Å². The van der Waals surface area contributed by atoms with Crippen LogP contribution in [0.4, 0.5) is 0 Å². The third-order valence-electron chi connectivity index (χ3n) is 4.41. The highest BCUT2D eigenvalue weighted by Crippen LogP contribution is 2.26. The lowest BCUT2D eigenvalue weighted by Gasteiger charge is -2.09. The van der Waals surface area contributed by atoms with Crippen LogP contribution in [0.15, 0.2) is 56.3 Å². The van der Waals surface area contributed by atoms with Gasteiger partial charge in [0.15, 0.2) is 10.3 Å². The van der Waals surface area contributed by atoms with Gasteiger partial charge in [-0.25, -0.2) is 9.97 Å². The van der Waals surface area contributed by atoms with Gasteiger partial charge in [0.2, 0.25) is 0 Å². The molecule has 0 aliphatic rings. The predicted octanol–water partition coefficient (Wildman–Crippen LogP) is 4.34. The maximum atomic E-state index is 11.9. The van der Waals surface area contributed by atoms with Gasteiger partial charge in [-0.3, -0.25) is 9.59 Å². The Morgan fingerprint density at radius 1 is 0.767 bits per heavy atom. The fraction of sp³-hybridized carbons (Fsp3) is 0.364. The van der Waals surface area contributed by atoms with E-state index in [0.717, 1.165) is 37.1 Å². The lowest BCUT2D eigenvalue weighted by molar-refractivity contribution is 0.815. The molecule has 0 radical (unpaired) electrons. The minimum Gasteiger partial charge on any atom is -0.301 e. The molecule has 30 heavy (non-hydrogen) atoms. The summed E-state index contributed by atoms with van der Waals surface area (Å²) in [4.78, 5) is 38.5. The van der Waals surface area contributed by atoms with E-state index in [0.29, 0.717) is 21.8 Å². The Balaban J connectivity index is 1.69. The van der Waals surface area contributed by atoms with Gasteiger partial charge >= 0.3 is 0 Å². The highest BCUT2D eigenvalue weighted by atomic mass is 32.2. The van der Waals surface area contributed by atoms with Crippen molar-refractivity contribution < 1.29 is 0 Å². The van der Waals surface area contributed by atoms with Crippen LogP contribution >= 0.6 is 23.5 Å². The average Bonchev–Trinajstić information content (AvgIpc) is 2.71. The molecule has 0 saturated carbocycles. The summed E-state index contributed by atoms with van der Waals surface area (Å²) in [5.41, 5.74) is 3.78. The van der Waals surface area contributed by atoms with Crippen LogP contribution in [0, 0.1) is 0 Å². The molecule has 0 fully saturated rings. The topological polar surface area (TPSA) is 91.5 Å². The monoisotopic (exact) mass is 442 g/mol. The van der Waals surface area contributed by atoms with E-state index in [-0.39, 0.29) is 11.1 Å². The molecule has 2 aromatic heterocycles. The molecular weight excluding hydrogens is 416 g/mol. The number of hydrogen-bond acceptors (Lipinski definition) is 6. The minimum absolute atomic E-state index is 0.109. The molecule has 2 N–H and O–H groups in total. The average molecular weight is 443 g/mol. The first-order valence-electron chi connectivity index (χ1n) is 10.1. The molecule has 2 heterocycles. The molecule has 0 spiro atoms. The fourth-order valence-corrected chi connectivity index (χ4v) is 4.86. The van der Waals surface area contributed by atoms with Crippen LogP contribution in [0.1, 0.15) is 49.2 Å². The molecule has 1 aromatic carbocycles. The van der Waals surface area contributed by atoms with Crippen molar-refractivity contribution >= 4 is 23.5 Å². The number of aryl methyl sites for hydroxylation is 2. The maximum Gasteiger partial charge on any atom is 0.251 e. The van der Waals surface area contributed by atoms with Gasteiger partial charge < -0.3 is 9.97 Å². The van der Waals surface area contributed by atoms with Crippen molar-refractivity contribution in [2.75, 3.05) is 0 Å². The summed E-state index contributed by atoms with van der Waals surface area (Å²) in [5, 5.41) is 1.29. The zero-order valence-corrected chi connectivity index (χ0v) is 18.9. The van der Waals surface area contributed by atoms with Gasteiger partial charge in [0.25, 0.3) is 11.1 Å². The van der Waals surface area contributed by atoms with Gasteiger partial charge in [0.1, 0.15) is 0 Å².